The molecular weight excluding hydrogens is 260 g/mol. The van der Waals surface area contributed by atoms with Gasteiger partial charge in [0.1, 0.15) is 4.21 Å². The van der Waals surface area contributed by atoms with Crippen LogP contribution in [0.15, 0.2) is 21.7 Å². The molecule has 0 saturated heterocycles. The Labute approximate surface area is 105 Å². The normalized spacial score (nSPS) is 12.4. The summed E-state index contributed by atoms with van der Waals surface area (Å²) in [7, 11) is -3.56. The lowest BCUT2D eigenvalue weighted by molar-refractivity contribution is -0.121. The minimum absolute atomic E-state index is 0.209. The third-order valence-corrected chi connectivity index (χ3v) is 4.50. The van der Waals surface area contributed by atoms with E-state index >= 15 is 0 Å². The lowest BCUT2D eigenvalue weighted by Gasteiger charge is -2.20. The highest BCUT2D eigenvalue weighted by Gasteiger charge is 2.18. The van der Waals surface area contributed by atoms with E-state index in [1.807, 2.05) is 20.8 Å². The molecule has 7 heteroatoms. The second-order valence-corrected chi connectivity index (χ2v) is 7.50. The van der Waals surface area contributed by atoms with Crippen molar-refractivity contribution in [1.82, 2.24) is 10.0 Å². The van der Waals surface area contributed by atoms with Crippen molar-refractivity contribution in [2.24, 2.45) is 0 Å². The van der Waals surface area contributed by atoms with Crippen molar-refractivity contribution in [3.8, 4) is 0 Å². The second-order valence-electron chi connectivity index (χ2n) is 4.55. The van der Waals surface area contributed by atoms with Crippen LogP contribution in [0.5, 0.6) is 0 Å². The Balaban J connectivity index is 2.55. The summed E-state index contributed by atoms with van der Waals surface area (Å²) in [6.45, 7) is 5.24. The summed E-state index contributed by atoms with van der Waals surface area (Å²) in [6, 6.07) is 3.14. The average molecular weight is 276 g/mol. The van der Waals surface area contributed by atoms with Crippen molar-refractivity contribution in [2.45, 2.75) is 30.5 Å². The van der Waals surface area contributed by atoms with Crippen LogP contribution in [0.25, 0.3) is 0 Å². The minimum atomic E-state index is -3.56. The molecule has 1 heterocycles. The van der Waals surface area contributed by atoms with Crippen LogP contribution in [0.4, 0.5) is 0 Å². The monoisotopic (exact) mass is 276 g/mol. The van der Waals surface area contributed by atoms with Gasteiger partial charge in [0, 0.05) is 5.54 Å². The first-order chi connectivity index (χ1) is 7.71. The van der Waals surface area contributed by atoms with E-state index in [1.165, 1.54) is 6.07 Å². The van der Waals surface area contributed by atoms with Crippen molar-refractivity contribution >= 4 is 27.3 Å². The van der Waals surface area contributed by atoms with Gasteiger partial charge in [-0.1, -0.05) is 6.07 Å². The predicted molar refractivity (Wildman–Crippen MR) is 67.4 cm³/mol. The van der Waals surface area contributed by atoms with Gasteiger partial charge < -0.3 is 5.32 Å². The maximum Gasteiger partial charge on any atom is 0.250 e. The van der Waals surface area contributed by atoms with Gasteiger partial charge in [0.15, 0.2) is 0 Å². The van der Waals surface area contributed by atoms with Gasteiger partial charge in [0.05, 0.1) is 6.54 Å². The van der Waals surface area contributed by atoms with Gasteiger partial charge >= 0.3 is 0 Å². The summed E-state index contributed by atoms with van der Waals surface area (Å²) in [5, 5.41) is 4.34. The van der Waals surface area contributed by atoms with Crippen LogP contribution in [0.1, 0.15) is 20.8 Å². The van der Waals surface area contributed by atoms with Crippen LogP contribution in [-0.4, -0.2) is 26.4 Å². The van der Waals surface area contributed by atoms with Gasteiger partial charge in [-0.15, -0.1) is 11.3 Å². The number of thiophene rings is 1. The molecule has 17 heavy (non-hydrogen) atoms. The zero-order chi connectivity index (χ0) is 13.1. The van der Waals surface area contributed by atoms with Crippen molar-refractivity contribution in [3.63, 3.8) is 0 Å². The van der Waals surface area contributed by atoms with Gasteiger partial charge in [-0.25, -0.2) is 13.1 Å². The van der Waals surface area contributed by atoms with Crippen LogP contribution in [0.3, 0.4) is 0 Å². The Kier molecular flexibility index (Phi) is 4.29. The fourth-order valence-corrected chi connectivity index (χ4v) is 3.13. The van der Waals surface area contributed by atoms with E-state index in [0.29, 0.717) is 0 Å². The lowest BCUT2D eigenvalue weighted by atomic mass is 10.1. The molecule has 0 radical (unpaired) electrons. The molecule has 0 aliphatic heterocycles. The molecule has 0 aliphatic carbocycles. The highest BCUT2D eigenvalue weighted by molar-refractivity contribution is 7.91. The minimum Gasteiger partial charge on any atom is -0.350 e. The number of sulfonamides is 1. The quantitative estimate of drug-likeness (QED) is 0.859. The van der Waals surface area contributed by atoms with E-state index in [4.69, 9.17) is 0 Å². The van der Waals surface area contributed by atoms with Gasteiger partial charge in [-0.3, -0.25) is 4.79 Å². The average Bonchev–Trinajstić information content (AvgIpc) is 2.65. The molecule has 5 nitrogen and oxygen atoms in total. The number of amides is 1. The van der Waals surface area contributed by atoms with E-state index in [-0.39, 0.29) is 22.2 Å². The molecule has 0 unspecified atom stereocenters. The first kappa shape index (κ1) is 14.1. The zero-order valence-electron chi connectivity index (χ0n) is 9.98. The molecule has 1 aromatic heterocycles. The SMILES string of the molecule is CC(C)(C)NC(=O)CNS(=O)(=O)c1cccs1. The van der Waals surface area contributed by atoms with Crippen LogP contribution in [-0.2, 0) is 14.8 Å². The summed E-state index contributed by atoms with van der Waals surface area (Å²) in [5.74, 6) is -0.349. The first-order valence-electron chi connectivity index (χ1n) is 5.05. The maximum absolute atomic E-state index is 11.7. The molecule has 0 atom stereocenters. The van der Waals surface area contributed by atoms with Crippen LogP contribution in [0.2, 0.25) is 0 Å². The fraction of sp³-hybridized carbons (Fsp3) is 0.500. The lowest BCUT2D eigenvalue weighted by Crippen LogP contribution is -2.45. The Morgan fingerprint density at radius 2 is 2.06 bits per heavy atom. The standard InChI is InChI=1S/C10H16N2O3S2/c1-10(2,3)12-8(13)7-11-17(14,15)9-5-4-6-16-9/h4-6,11H,7H2,1-3H3,(H,12,13). The number of carbonyl (C=O) groups is 1. The third-order valence-electron chi connectivity index (χ3n) is 1.70. The number of rotatable bonds is 4. The summed E-state index contributed by atoms with van der Waals surface area (Å²) in [6.07, 6.45) is 0. The maximum atomic E-state index is 11.7. The number of carbonyl (C=O) groups excluding carboxylic acids is 1. The molecule has 0 aromatic carbocycles. The Morgan fingerprint density at radius 1 is 1.41 bits per heavy atom. The van der Waals surface area contributed by atoms with E-state index in [0.717, 1.165) is 11.3 Å². The summed E-state index contributed by atoms with van der Waals surface area (Å²) < 4.78 is 25.8. The van der Waals surface area contributed by atoms with Crippen molar-refractivity contribution in [3.05, 3.63) is 17.5 Å². The second kappa shape index (κ2) is 5.16. The van der Waals surface area contributed by atoms with E-state index < -0.39 is 10.0 Å². The van der Waals surface area contributed by atoms with Gasteiger partial charge in [-0.2, -0.15) is 0 Å². The fourth-order valence-electron chi connectivity index (χ4n) is 1.11. The molecule has 0 aliphatic rings. The van der Waals surface area contributed by atoms with Crippen molar-refractivity contribution in [2.75, 3.05) is 6.54 Å². The van der Waals surface area contributed by atoms with E-state index in [2.05, 4.69) is 10.0 Å². The Hall–Kier alpha value is -0.920. The highest BCUT2D eigenvalue weighted by Crippen LogP contribution is 2.14. The molecule has 1 aromatic rings. The van der Waals surface area contributed by atoms with Crippen LogP contribution >= 0.6 is 11.3 Å². The van der Waals surface area contributed by atoms with Crippen molar-refractivity contribution in [1.29, 1.82) is 0 Å². The summed E-state index contributed by atoms with van der Waals surface area (Å²) in [5.41, 5.74) is -0.370. The number of hydrogen-bond acceptors (Lipinski definition) is 4. The first-order valence-corrected chi connectivity index (χ1v) is 7.41. The topological polar surface area (TPSA) is 75.3 Å². The summed E-state index contributed by atoms with van der Waals surface area (Å²) >= 11 is 1.11. The molecule has 1 rings (SSSR count). The molecule has 0 bridgehead atoms. The molecule has 1 amide bonds. The third kappa shape index (κ3) is 4.84. The Bertz CT molecular complexity index is 472. The predicted octanol–water partition coefficient (Wildman–Crippen LogP) is 0.941. The largest absolute Gasteiger partial charge is 0.350 e. The summed E-state index contributed by atoms with van der Waals surface area (Å²) in [4.78, 5) is 11.4. The van der Waals surface area contributed by atoms with Crippen LogP contribution < -0.4 is 10.0 Å². The van der Waals surface area contributed by atoms with Gasteiger partial charge in [-0.05, 0) is 32.2 Å². The Morgan fingerprint density at radius 3 is 2.53 bits per heavy atom. The molecule has 0 fully saturated rings. The highest BCUT2D eigenvalue weighted by atomic mass is 32.2. The van der Waals surface area contributed by atoms with E-state index in [9.17, 15) is 13.2 Å². The van der Waals surface area contributed by atoms with Gasteiger partial charge in [0.2, 0.25) is 5.91 Å². The number of nitrogens with one attached hydrogen (secondary N) is 2. The van der Waals surface area contributed by atoms with Gasteiger partial charge in [0.25, 0.3) is 10.0 Å². The van der Waals surface area contributed by atoms with Crippen LogP contribution in [0, 0.1) is 0 Å². The smallest absolute Gasteiger partial charge is 0.250 e. The molecule has 0 saturated carbocycles. The molecular formula is C10H16N2O3S2. The molecule has 96 valence electrons. The molecule has 2 N–H and O–H groups in total. The molecule has 0 spiro atoms. The zero-order valence-corrected chi connectivity index (χ0v) is 11.6. The van der Waals surface area contributed by atoms with E-state index in [1.54, 1.807) is 11.4 Å². The number of hydrogen-bond donors (Lipinski definition) is 2. The van der Waals surface area contributed by atoms with Crippen molar-refractivity contribution < 1.29 is 13.2 Å².